The highest BCUT2D eigenvalue weighted by Gasteiger charge is 2.00. The molecule has 1 nitrogen and oxygen atoms in total. The lowest BCUT2D eigenvalue weighted by Gasteiger charge is -2.06. The molecule has 1 N–H and O–H groups in total. The molecule has 0 saturated heterocycles. The molecule has 0 aliphatic rings. The normalized spacial score (nSPS) is 10.9. The Bertz CT molecular complexity index is 201. The highest BCUT2D eigenvalue weighted by molar-refractivity contribution is 5.85. The Kier molecular flexibility index (Phi) is 9.80. The Labute approximate surface area is 92.0 Å². The summed E-state index contributed by atoms with van der Waals surface area (Å²) in [4.78, 5) is 0. The number of hydrogen-bond donors (Lipinski definition) is 1. The highest BCUT2D eigenvalue weighted by atomic mass is 35.5. The number of rotatable bonds is 3. The van der Waals surface area contributed by atoms with E-state index in [9.17, 15) is 5.11 Å². The Morgan fingerprint density at radius 1 is 1.15 bits per heavy atom. The third-order valence-electron chi connectivity index (χ3n) is 1.79. The molecule has 0 heterocycles. The van der Waals surface area contributed by atoms with E-state index in [2.05, 4.69) is 0 Å². The van der Waals surface area contributed by atoms with Gasteiger partial charge in [0.05, 0.1) is 6.10 Å². The number of aliphatic hydroxyl groups excluding tert-OH is 1. The van der Waals surface area contributed by atoms with Crippen LogP contribution in [-0.4, -0.2) is 11.2 Å². The summed E-state index contributed by atoms with van der Waals surface area (Å²) in [5.41, 5.74) is 1.21. The maximum absolute atomic E-state index is 9.31. The van der Waals surface area contributed by atoms with Crippen LogP contribution in [0.3, 0.4) is 0 Å². The van der Waals surface area contributed by atoms with Crippen LogP contribution in [0, 0.1) is 0 Å². The van der Waals surface area contributed by atoms with E-state index in [4.69, 9.17) is 0 Å². The predicted molar refractivity (Wildman–Crippen MR) is 60.9 cm³/mol. The zero-order chi connectivity index (χ0) is 8.10. The Balaban J connectivity index is 0. The molecule has 0 fully saturated rings. The van der Waals surface area contributed by atoms with E-state index in [0.29, 0.717) is 0 Å². The second kappa shape index (κ2) is 8.36. The van der Waals surface area contributed by atoms with Gasteiger partial charge in [0.15, 0.2) is 0 Å². The summed E-state index contributed by atoms with van der Waals surface area (Å²) in [5, 5.41) is 9.31. The van der Waals surface area contributed by atoms with Gasteiger partial charge in [0, 0.05) is 0 Å². The number of hydrogen-bond acceptors (Lipinski definition) is 1. The van der Waals surface area contributed by atoms with E-state index in [1.54, 1.807) is 0 Å². The van der Waals surface area contributed by atoms with Gasteiger partial charge in [0.25, 0.3) is 0 Å². The van der Waals surface area contributed by atoms with Crippen molar-refractivity contribution in [1.82, 2.24) is 0 Å². The molecular formula is C10H16Cl2O. The van der Waals surface area contributed by atoms with Gasteiger partial charge in [-0.3, -0.25) is 0 Å². The van der Waals surface area contributed by atoms with Crippen LogP contribution in [0.5, 0.6) is 0 Å². The molecule has 1 rings (SSSR count). The third-order valence-corrected chi connectivity index (χ3v) is 1.79. The summed E-state index contributed by atoms with van der Waals surface area (Å²) in [7, 11) is 0. The molecule has 13 heavy (non-hydrogen) atoms. The topological polar surface area (TPSA) is 20.2 Å². The van der Waals surface area contributed by atoms with Crippen molar-refractivity contribution in [2.75, 3.05) is 0 Å². The summed E-state index contributed by atoms with van der Waals surface area (Å²) in [6.07, 6.45) is 1.42. The average molecular weight is 223 g/mol. The van der Waals surface area contributed by atoms with Crippen LogP contribution in [0.1, 0.15) is 18.9 Å². The first-order valence-corrected chi connectivity index (χ1v) is 4.05. The molecule has 0 bridgehead atoms. The average Bonchev–Trinajstić information content (AvgIpc) is 2.06. The predicted octanol–water partition coefficient (Wildman–Crippen LogP) is 2.84. The second-order valence-electron chi connectivity index (χ2n) is 2.75. The van der Waals surface area contributed by atoms with Crippen LogP contribution in [0.2, 0.25) is 0 Å². The van der Waals surface area contributed by atoms with Crippen LogP contribution in [-0.2, 0) is 6.42 Å². The molecule has 1 aromatic rings. The number of aliphatic hydroxyl groups is 1. The molecule has 1 atom stereocenters. The summed E-state index contributed by atoms with van der Waals surface area (Å²) < 4.78 is 0. The molecule has 0 radical (unpaired) electrons. The monoisotopic (exact) mass is 222 g/mol. The van der Waals surface area contributed by atoms with Crippen molar-refractivity contribution >= 4 is 24.8 Å². The van der Waals surface area contributed by atoms with Gasteiger partial charge in [0.2, 0.25) is 0 Å². The van der Waals surface area contributed by atoms with E-state index in [1.807, 2.05) is 37.3 Å². The SMILES string of the molecule is CCC(O)Cc1ccccc1.Cl.Cl. The third kappa shape index (κ3) is 5.92. The van der Waals surface area contributed by atoms with E-state index in [1.165, 1.54) is 5.56 Å². The maximum atomic E-state index is 9.31. The summed E-state index contributed by atoms with van der Waals surface area (Å²) in [6, 6.07) is 10.1. The Morgan fingerprint density at radius 3 is 2.15 bits per heavy atom. The van der Waals surface area contributed by atoms with Gasteiger partial charge < -0.3 is 5.11 Å². The van der Waals surface area contributed by atoms with Gasteiger partial charge in [-0.15, -0.1) is 24.8 Å². The summed E-state index contributed by atoms with van der Waals surface area (Å²) in [5.74, 6) is 0. The molecule has 0 aliphatic carbocycles. The quantitative estimate of drug-likeness (QED) is 0.835. The lowest BCUT2D eigenvalue weighted by molar-refractivity contribution is 0.171. The van der Waals surface area contributed by atoms with Crippen molar-refractivity contribution in [3.63, 3.8) is 0 Å². The molecule has 3 heteroatoms. The van der Waals surface area contributed by atoms with E-state index < -0.39 is 0 Å². The Morgan fingerprint density at radius 2 is 1.69 bits per heavy atom. The van der Waals surface area contributed by atoms with Crippen LogP contribution in [0.4, 0.5) is 0 Å². The lowest BCUT2D eigenvalue weighted by atomic mass is 10.1. The summed E-state index contributed by atoms with van der Waals surface area (Å²) >= 11 is 0. The van der Waals surface area contributed by atoms with Crippen molar-refractivity contribution in [3.05, 3.63) is 35.9 Å². The van der Waals surface area contributed by atoms with Crippen LogP contribution < -0.4 is 0 Å². The molecule has 0 amide bonds. The van der Waals surface area contributed by atoms with Crippen LogP contribution in [0.15, 0.2) is 30.3 Å². The lowest BCUT2D eigenvalue weighted by Crippen LogP contribution is -2.07. The van der Waals surface area contributed by atoms with Crippen molar-refractivity contribution < 1.29 is 5.11 Å². The van der Waals surface area contributed by atoms with Crippen molar-refractivity contribution in [3.8, 4) is 0 Å². The van der Waals surface area contributed by atoms with Crippen molar-refractivity contribution in [2.24, 2.45) is 0 Å². The van der Waals surface area contributed by atoms with Gasteiger partial charge in [-0.1, -0.05) is 37.3 Å². The molecular weight excluding hydrogens is 207 g/mol. The minimum Gasteiger partial charge on any atom is -0.393 e. The maximum Gasteiger partial charge on any atom is 0.0577 e. The van der Waals surface area contributed by atoms with E-state index in [0.717, 1.165) is 12.8 Å². The second-order valence-corrected chi connectivity index (χ2v) is 2.75. The molecule has 1 aromatic carbocycles. The van der Waals surface area contributed by atoms with Gasteiger partial charge >= 0.3 is 0 Å². The minimum absolute atomic E-state index is 0. The first kappa shape index (κ1) is 15.2. The van der Waals surface area contributed by atoms with Gasteiger partial charge in [-0.25, -0.2) is 0 Å². The molecule has 0 saturated carbocycles. The van der Waals surface area contributed by atoms with E-state index >= 15 is 0 Å². The van der Waals surface area contributed by atoms with Crippen molar-refractivity contribution in [2.45, 2.75) is 25.9 Å². The van der Waals surface area contributed by atoms with Gasteiger partial charge in [-0.2, -0.15) is 0 Å². The largest absolute Gasteiger partial charge is 0.393 e. The summed E-state index contributed by atoms with van der Waals surface area (Å²) in [6.45, 7) is 1.99. The Hall–Kier alpha value is -0.240. The number of benzene rings is 1. The standard InChI is InChI=1S/C10H14O.2ClH/c1-2-10(11)8-9-6-4-3-5-7-9;;/h3-7,10-11H,2,8H2,1H3;2*1H. The zero-order valence-electron chi connectivity index (χ0n) is 7.64. The van der Waals surface area contributed by atoms with Crippen LogP contribution in [0.25, 0.3) is 0 Å². The molecule has 0 aromatic heterocycles. The van der Waals surface area contributed by atoms with Gasteiger partial charge in [-0.05, 0) is 18.4 Å². The molecule has 1 unspecified atom stereocenters. The van der Waals surface area contributed by atoms with Gasteiger partial charge in [0.1, 0.15) is 0 Å². The van der Waals surface area contributed by atoms with E-state index in [-0.39, 0.29) is 30.9 Å². The number of halogens is 2. The molecule has 0 spiro atoms. The molecule has 76 valence electrons. The fourth-order valence-electron chi connectivity index (χ4n) is 1.03. The highest BCUT2D eigenvalue weighted by Crippen LogP contribution is 2.04. The fraction of sp³-hybridized carbons (Fsp3) is 0.400. The first-order valence-electron chi connectivity index (χ1n) is 4.05. The van der Waals surface area contributed by atoms with Crippen LogP contribution >= 0.6 is 24.8 Å². The smallest absolute Gasteiger partial charge is 0.0577 e. The van der Waals surface area contributed by atoms with Crippen molar-refractivity contribution in [1.29, 1.82) is 0 Å². The first-order chi connectivity index (χ1) is 5.33. The molecule has 0 aliphatic heterocycles. The fourth-order valence-corrected chi connectivity index (χ4v) is 1.03. The minimum atomic E-state index is -0.183. The zero-order valence-corrected chi connectivity index (χ0v) is 9.28.